The molecular weight excluding hydrogens is 351 g/mol. The summed E-state index contributed by atoms with van der Waals surface area (Å²) in [4.78, 5) is 16.2. The largest absolute Gasteiger partial charge is 0.305 e. The Morgan fingerprint density at radius 2 is 1.95 bits per heavy atom. The van der Waals surface area contributed by atoms with Gasteiger partial charge in [-0.3, -0.25) is 9.89 Å². The maximum Gasteiger partial charge on any atom is 0.274 e. The van der Waals surface area contributed by atoms with E-state index in [1.54, 1.807) is 36.5 Å². The number of aromatic amines is 1. The third-order valence-electron chi connectivity index (χ3n) is 2.93. The van der Waals surface area contributed by atoms with Crippen LogP contribution < -0.4 is 5.32 Å². The maximum absolute atomic E-state index is 12.9. The van der Waals surface area contributed by atoms with Crippen molar-refractivity contribution < 1.29 is 9.18 Å². The van der Waals surface area contributed by atoms with Crippen LogP contribution in [0, 0.1) is 5.82 Å². The van der Waals surface area contributed by atoms with E-state index < -0.39 is 0 Å². The number of anilines is 1. The van der Waals surface area contributed by atoms with Crippen molar-refractivity contribution in [3.63, 3.8) is 0 Å². The summed E-state index contributed by atoms with van der Waals surface area (Å²) in [6.45, 7) is 0. The molecule has 22 heavy (non-hydrogen) atoms. The number of hydrogen-bond acceptors (Lipinski definition) is 3. The van der Waals surface area contributed by atoms with Crippen LogP contribution in [0.25, 0.3) is 11.3 Å². The maximum atomic E-state index is 12.9. The number of benzene rings is 1. The third kappa shape index (κ3) is 3.20. The highest BCUT2D eigenvalue weighted by molar-refractivity contribution is 9.10. The summed E-state index contributed by atoms with van der Waals surface area (Å²) in [5.74, 6) is -0.236. The Balaban J connectivity index is 1.76. The Morgan fingerprint density at radius 3 is 2.64 bits per heavy atom. The summed E-state index contributed by atoms with van der Waals surface area (Å²) < 4.78 is 13.7. The van der Waals surface area contributed by atoms with Crippen LogP contribution in [0.15, 0.2) is 53.1 Å². The van der Waals surface area contributed by atoms with Gasteiger partial charge in [-0.05, 0) is 58.4 Å². The van der Waals surface area contributed by atoms with Crippen molar-refractivity contribution in [1.82, 2.24) is 15.2 Å². The first-order valence-electron chi connectivity index (χ1n) is 6.36. The quantitative estimate of drug-likeness (QED) is 0.749. The Hall–Kier alpha value is -2.54. The van der Waals surface area contributed by atoms with Crippen LogP contribution in [-0.2, 0) is 0 Å². The van der Waals surface area contributed by atoms with Gasteiger partial charge < -0.3 is 5.32 Å². The van der Waals surface area contributed by atoms with Gasteiger partial charge in [0, 0.05) is 16.2 Å². The number of pyridine rings is 1. The van der Waals surface area contributed by atoms with E-state index in [1.165, 1.54) is 12.1 Å². The Labute approximate surface area is 133 Å². The number of amides is 1. The van der Waals surface area contributed by atoms with Crippen molar-refractivity contribution in [1.29, 1.82) is 0 Å². The van der Waals surface area contributed by atoms with Gasteiger partial charge in [-0.25, -0.2) is 9.37 Å². The lowest BCUT2D eigenvalue weighted by Crippen LogP contribution is -2.13. The number of hydrogen-bond donors (Lipinski definition) is 2. The van der Waals surface area contributed by atoms with Crippen molar-refractivity contribution in [2.24, 2.45) is 0 Å². The molecule has 0 aliphatic carbocycles. The molecule has 2 heterocycles. The van der Waals surface area contributed by atoms with E-state index in [0.29, 0.717) is 17.2 Å². The average Bonchev–Trinajstić information content (AvgIpc) is 3.00. The number of halogens is 2. The molecule has 0 aliphatic rings. The molecular formula is C15H10BrFN4O. The second kappa shape index (κ2) is 6.07. The van der Waals surface area contributed by atoms with Gasteiger partial charge in [-0.15, -0.1) is 0 Å². The molecule has 110 valence electrons. The summed E-state index contributed by atoms with van der Waals surface area (Å²) in [7, 11) is 0. The molecule has 0 bridgehead atoms. The predicted octanol–water partition coefficient (Wildman–Crippen LogP) is 3.63. The van der Waals surface area contributed by atoms with Crippen LogP contribution in [0.4, 0.5) is 10.2 Å². The fourth-order valence-electron chi connectivity index (χ4n) is 1.84. The zero-order chi connectivity index (χ0) is 15.5. The fourth-order valence-corrected chi connectivity index (χ4v) is 2.07. The number of nitrogens with zero attached hydrogens (tertiary/aromatic N) is 2. The SMILES string of the molecule is O=C(Nc1ccc(Br)cn1)c1cc(-c2ccc(F)cc2)n[nH]1. The number of rotatable bonds is 3. The zero-order valence-electron chi connectivity index (χ0n) is 11.2. The minimum Gasteiger partial charge on any atom is -0.305 e. The van der Waals surface area contributed by atoms with Crippen LogP contribution in [0.5, 0.6) is 0 Å². The summed E-state index contributed by atoms with van der Waals surface area (Å²) in [6.07, 6.45) is 1.59. The molecule has 0 radical (unpaired) electrons. The molecule has 0 saturated heterocycles. The molecule has 2 N–H and O–H groups in total. The van der Waals surface area contributed by atoms with E-state index in [9.17, 15) is 9.18 Å². The smallest absolute Gasteiger partial charge is 0.274 e. The Kier molecular flexibility index (Phi) is 3.97. The normalized spacial score (nSPS) is 10.5. The van der Waals surface area contributed by atoms with E-state index >= 15 is 0 Å². The van der Waals surface area contributed by atoms with Crippen molar-refractivity contribution in [2.45, 2.75) is 0 Å². The van der Waals surface area contributed by atoms with E-state index in [2.05, 4.69) is 36.4 Å². The molecule has 1 aromatic carbocycles. The van der Waals surface area contributed by atoms with Crippen LogP contribution in [0.2, 0.25) is 0 Å². The summed E-state index contributed by atoms with van der Waals surface area (Å²) in [6, 6.07) is 10.9. The standard InChI is InChI=1S/C15H10BrFN4O/c16-10-3-6-14(18-8-10)19-15(22)13-7-12(20-21-13)9-1-4-11(17)5-2-9/h1-8H,(H,20,21)(H,18,19,22). The Morgan fingerprint density at radius 1 is 1.18 bits per heavy atom. The molecule has 0 aliphatic heterocycles. The van der Waals surface area contributed by atoms with Crippen molar-refractivity contribution in [3.8, 4) is 11.3 Å². The lowest BCUT2D eigenvalue weighted by atomic mass is 10.1. The number of H-pyrrole nitrogens is 1. The summed E-state index contributed by atoms with van der Waals surface area (Å²) >= 11 is 3.27. The van der Waals surface area contributed by atoms with Crippen LogP contribution in [-0.4, -0.2) is 21.1 Å². The summed E-state index contributed by atoms with van der Waals surface area (Å²) in [5, 5.41) is 9.37. The Bertz CT molecular complexity index is 799. The van der Waals surface area contributed by atoms with E-state index in [0.717, 1.165) is 10.0 Å². The molecule has 0 spiro atoms. The average molecular weight is 361 g/mol. The molecule has 5 nitrogen and oxygen atoms in total. The van der Waals surface area contributed by atoms with Gasteiger partial charge >= 0.3 is 0 Å². The molecule has 1 amide bonds. The van der Waals surface area contributed by atoms with Gasteiger partial charge in [-0.2, -0.15) is 5.10 Å². The van der Waals surface area contributed by atoms with Gasteiger partial charge in [0.25, 0.3) is 5.91 Å². The number of nitrogens with one attached hydrogen (secondary N) is 2. The molecule has 7 heteroatoms. The second-order valence-corrected chi connectivity index (χ2v) is 5.41. The minimum atomic E-state index is -0.351. The zero-order valence-corrected chi connectivity index (χ0v) is 12.8. The number of aromatic nitrogens is 3. The van der Waals surface area contributed by atoms with Crippen molar-refractivity contribution in [3.05, 3.63) is 64.6 Å². The first-order valence-corrected chi connectivity index (χ1v) is 7.15. The van der Waals surface area contributed by atoms with Crippen LogP contribution in [0.3, 0.4) is 0 Å². The second-order valence-electron chi connectivity index (χ2n) is 4.49. The molecule has 0 unspecified atom stereocenters. The van der Waals surface area contributed by atoms with Gasteiger partial charge in [0.15, 0.2) is 0 Å². The molecule has 2 aromatic heterocycles. The third-order valence-corrected chi connectivity index (χ3v) is 3.40. The number of carbonyl (C=O) groups is 1. The van der Waals surface area contributed by atoms with Crippen molar-refractivity contribution in [2.75, 3.05) is 5.32 Å². The minimum absolute atomic E-state index is 0.295. The van der Waals surface area contributed by atoms with Crippen molar-refractivity contribution >= 4 is 27.7 Å². The lowest BCUT2D eigenvalue weighted by molar-refractivity contribution is 0.102. The summed E-state index contributed by atoms with van der Waals surface area (Å²) in [5.41, 5.74) is 1.58. The highest BCUT2D eigenvalue weighted by Gasteiger charge is 2.11. The van der Waals surface area contributed by atoms with Gasteiger partial charge in [0.05, 0.1) is 5.69 Å². The molecule has 3 rings (SSSR count). The predicted molar refractivity (Wildman–Crippen MR) is 83.9 cm³/mol. The molecule has 0 saturated carbocycles. The first-order chi connectivity index (χ1) is 10.6. The molecule has 3 aromatic rings. The lowest BCUT2D eigenvalue weighted by Gasteiger charge is -2.01. The molecule has 0 fully saturated rings. The number of carbonyl (C=O) groups excluding carboxylic acids is 1. The van der Waals surface area contributed by atoms with E-state index in [-0.39, 0.29) is 11.7 Å². The fraction of sp³-hybridized carbons (Fsp3) is 0. The monoisotopic (exact) mass is 360 g/mol. The highest BCUT2D eigenvalue weighted by atomic mass is 79.9. The van der Waals surface area contributed by atoms with Crippen LogP contribution >= 0.6 is 15.9 Å². The van der Waals surface area contributed by atoms with Crippen LogP contribution in [0.1, 0.15) is 10.5 Å². The molecule has 0 atom stereocenters. The topological polar surface area (TPSA) is 70.7 Å². The van der Waals surface area contributed by atoms with E-state index in [1.807, 2.05) is 0 Å². The van der Waals surface area contributed by atoms with Gasteiger partial charge in [-0.1, -0.05) is 0 Å². The highest BCUT2D eigenvalue weighted by Crippen LogP contribution is 2.18. The van der Waals surface area contributed by atoms with E-state index in [4.69, 9.17) is 0 Å². The first kappa shape index (κ1) is 14.4. The van der Waals surface area contributed by atoms with Gasteiger partial charge in [0.1, 0.15) is 17.3 Å². The van der Waals surface area contributed by atoms with Gasteiger partial charge in [0.2, 0.25) is 0 Å².